The standard InChI is InChI=1S/C22H25N5S/c1-15(17-8-9-20(25-28)19(23)14-17)27-12-10-18-21(11-13-27)26(2)24-22(18)16-6-4-3-5-7-16/h3-9,14-15H,10-13,23H2,1-2H3. The minimum absolute atomic E-state index is 0.281. The van der Waals surface area contributed by atoms with Crippen LogP contribution < -0.4 is 5.73 Å². The van der Waals surface area contributed by atoms with Crippen LogP contribution in [0.25, 0.3) is 11.3 Å². The average molecular weight is 392 g/mol. The van der Waals surface area contributed by atoms with Crippen LogP contribution in [-0.2, 0) is 32.3 Å². The smallest absolute Gasteiger partial charge is 0.0998 e. The van der Waals surface area contributed by atoms with Crippen LogP contribution in [0.15, 0.2) is 52.9 Å². The molecule has 0 amide bonds. The van der Waals surface area contributed by atoms with E-state index in [-0.39, 0.29) is 6.04 Å². The zero-order valence-corrected chi connectivity index (χ0v) is 17.1. The molecule has 1 aromatic heterocycles. The fraction of sp³-hybridized carbons (Fsp3) is 0.318. The Morgan fingerprint density at radius 2 is 1.86 bits per heavy atom. The molecule has 0 radical (unpaired) electrons. The van der Waals surface area contributed by atoms with Crippen LogP contribution in [0.2, 0.25) is 0 Å². The van der Waals surface area contributed by atoms with Gasteiger partial charge in [0.15, 0.2) is 0 Å². The number of hydrogen-bond donors (Lipinski definition) is 1. The van der Waals surface area contributed by atoms with Crippen molar-refractivity contribution in [2.45, 2.75) is 25.8 Å². The van der Waals surface area contributed by atoms with E-state index in [2.05, 4.69) is 58.2 Å². The summed E-state index contributed by atoms with van der Waals surface area (Å²) in [4.78, 5) is 2.52. The van der Waals surface area contributed by atoms with Gasteiger partial charge in [0.2, 0.25) is 0 Å². The van der Waals surface area contributed by atoms with E-state index in [1.54, 1.807) is 0 Å². The number of anilines is 1. The lowest BCUT2D eigenvalue weighted by atomic mass is 10.0. The van der Waals surface area contributed by atoms with Crippen LogP contribution in [0.3, 0.4) is 0 Å². The summed E-state index contributed by atoms with van der Waals surface area (Å²) < 4.78 is 5.86. The van der Waals surface area contributed by atoms with Gasteiger partial charge in [-0.3, -0.25) is 9.58 Å². The maximum Gasteiger partial charge on any atom is 0.0998 e. The van der Waals surface area contributed by atoms with Gasteiger partial charge in [0.05, 0.1) is 17.1 Å². The van der Waals surface area contributed by atoms with Gasteiger partial charge in [-0.1, -0.05) is 36.4 Å². The largest absolute Gasteiger partial charge is 0.397 e. The highest BCUT2D eigenvalue weighted by molar-refractivity contribution is 7.47. The minimum atomic E-state index is 0.281. The molecule has 5 nitrogen and oxygen atoms in total. The molecule has 1 atom stereocenters. The third-order valence-electron chi connectivity index (χ3n) is 5.79. The minimum Gasteiger partial charge on any atom is -0.397 e. The van der Waals surface area contributed by atoms with Crippen molar-refractivity contribution in [3.63, 3.8) is 0 Å². The number of rotatable bonds is 4. The van der Waals surface area contributed by atoms with E-state index in [0.29, 0.717) is 11.4 Å². The lowest BCUT2D eigenvalue weighted by Gasteiger charge is -2.28. The zero-order valence-electron chi connectivity index (χ0n) is 16.3. The second-order valence-corrected chi connectivity index (χ2v) is 7.57. The van der Waals surface area contributed by atoms with Crippen molar-refractivity contribution in [1.82, 2.24) is 14.7 Å². The molecule has 1 aliphatic heterocycles. The molecule has 1 unspecified atom stereocenters. The monoisotopic (exact) mass is 391 g/mol. The maximum atomic E-state index is 6.10. The average Bonchev–Trinajstić information content (AvgIpc) is 2.89. The number of aromatic nitrogens is 2. The van der Waals surface area contributed by atoms with Gasteiger partial charge in [-0.25, -0.2) is 0 Å². The van der Waals surface area contributed by atoms with Crippen LogP contribution in [0.4, 0.5) is 11.4 Å². The highest BCUT2D eigenvalue weighted by atomic mass is 32.1. The van der Waals surface area contributed by atoms with E-state index >= 15 is 0 Å². The summed E-state index contributed by atoms with van der Waals surface area (Å²) in [5.74, 6) is 0. The van der Waals surface area contributed by atoms with Gasteiger partial charge in [0.25, 0.3) is 0 Å². The first kappa shape index (κ1) is 18.8. The van der Waals surface area contributed by atoms with Crippen molar-refractivity contribution in [3.8, 4) is 11.3 Å². The number of aryl methyl sites for hydroxylation is 1. The fourth-order valence-corrected chi connectivity index (χ4v) is 4.30. The van der Waals surface area contributed by atoms with Crippen molar-refractivity contribution in [1.29, 1.82) is 0 Å². The Morgan fingerprint density at radius 1 is 1.11 bits per heavy atom. The summed E-state index contributed by atoms with van der Waals surface area (Å²) >= 11 is 4.78. The molecule has 2 aromatic carbocycles. The van der Waals surface area contributed by atoms with Crippen molar-refractivity contribution >= 4 is 23.8 Å². The van der Waals surface area contributed by atoms with E-state index in [1.807, 2.05) is 18.2 Å². The highest BCUT2D eigenvalue weighted by Crippen LogP contribution is 2.32. The predicted octanol–water partition coefficient (Wildman–Crippen LogP) is 4.19. The zero-order chi connectivity index (χ0) is 19.7. The molecule has 0 saturated carbocycles. The van der Waals surface area contributed by atoms with Gasteiger partial charge in [-0.15, -0.1) is 0 Å². The second-order valence-electron chi connectivity index (χ2n) is 7.38. The molecule has 6 heteroatoms. The molecule has 2 heterocycles. The molecule has 0 saturated heterocycles. The highest BCUT2D eigenvalue weighted by Gasteiger charge is 2.25. The van der Waals surface area contributed by atoms with Gasteiger partial charge < -0.3 is 5.73 Å². The molecule has 0 bridgehead atoms. The number of nitrogens with two attached hydrogens (primary N) is 1. The molecule has 0 spiro atoms. The molecule has 3 aromatic rings. The lowest BCUT2D eigenvalue weighted by molar-refractivity contribution is 0.220. The predicted molar refractivity (Wildman–Crippen MR) is 116 cm³/mol. The Labute approximate surface area is 171 Å². The van der Waals surface area contributed by atoms with Crippen LogP contribution in [0, 0.1) is 0 Å². The molecule has 2 N–H and O–H groups in total. The van der Waals surface area contributed by atoms with Gasteiger partial charge in [0, 0.05) is 61.8 Å². The third-order valence-corrected chi connectivity index (χ3v) is 5.98. The van der Waals surface area contributed by atoms with Crippen LogP contribution in [0.1, 0.15) is 29.8 Å². The number of hydrogen-bond acceptors (Lipinski definition) is 5. The summed E-state index contributed by atoms with van der Waals surface area (Å²) in [5.41, 5.74) is 13.6. The lowest BCUT2D eigenvalue weighted by Crippen LogP contribution is -2.30. The molecule has 4 rings (SSSR count). The molecule has 0 aliphatic carbocycles. The number of nitrogen functional groups attached to an aromatic ring is 1. The molecule has 28 heavy (non-hydrogen) atoms. The van der Waals surface area contributed by atoms with Crippen molar-refractivity contribution in [2.75, 3.05) is 18.8 Å². The van der Waals surface area contributed by atoms with E-state index in [1.165, 1.54) is 22.4 Å². The second kappa shape index (κ2) is 7.81. The van der Waals surface area contributed by atoms with E-state index in [4.69, 9.17) is 23.3 Å². The first-order valence-electron chi connectivity index (χ1n) is 9.65. The van der Waals surface area contributed by atoms with E-state index in [9.17, 15) is 0 Å². The Kier molecular flexibility index (Phi) is 5.24. The molecule has 144 valence electrons. The number of benzene rings is 2. The van der Waals surface area contributed by atoms with Crippen molar-refractivity contribution < 1.29 is 0 Å². The topological polar surface area (TPSA) is 59.4 Å². The normalized spacial score (nSPS) is 15.6. The van der Waals surface area contributed by atoms with Crippen LogP contribution in [-0.4, -0.2) is 27.8 Å². The van der Waals surface area contributed by atoms with Gasteiger partial charge in [0.1, 0.15) is 0 Å². The fourth-order valence-electron chi connectivity index (χ4n) is 4.14. The molecular weight excluding hydrogens is 366 g/mol. The maximum absolute atomic E-state index is 6.10. The third kappa shape index (κ3) is 3.45. The van der Waals surface area contributed by atoms with Crippen molar-refractivity contribution in [3.05, 3.63) is 65.4 Å². The summed E-state index contributed by atoms with van der Waals surface area (Å²) in [6.45, 7) is 4.23. The Balaban J connectivity index is 1.58. The summed E-state index contributed by atoms with van der Waals surface area (Å²) in [6.07, 6.45) is 1.98. The Bertz CT molecular complexity index is 996. The summed E-state index contributed by atoms with van der Waals surface area (Å²) in [7, 11) is 2.06. The van der Waals surface area contributed by atoms with Gasteiger partial charge in [-0.2, -0.15) is 9.46 Å². The Morgan fingerprint density at radius 3 is 2.57 bits per heavy atom. The molecule has 0 fully saturated rings. The SMILES string of the molecule is CC(c1ccc(N=S)c(N)c1)N1CCc2c(-c3ccccc3)nn(C)c2CC1. The van der Waals surface area contributed by atoms with Crippen LogP contribution in [0.5, 0.6) is 0 Å². The molecule has 1 aliphatic rings. The quantitative estimate of drug-likeness (QED) is 0.678. The number of nitrogens with zero attached hydrogens (tertiary/aromatic N) is 4. The van der Waals surface area contributed by atoms with Gasteiger partial charge >= 0.3 is 0 Å². The van der Waals surface area contributed by atoms with Gasteiger partial charge in [-0.05, 0) is 31.0 Å². The summed E-state index contributed by atoms with van der Waals surface area (Å²) in [6, 6.07) is 16.8. The van der Waals surface area contributed by atoms with Crippen LogP contribution >= 0.6 is 0 Å². The van der Waals surface area contributed by atoms with E-state index < -0.39 is 0 Å². The Hall–Kier alpha value is -2.57. The number of fused-ring (bicyclic) bond motifs is 1. The first-order valence-corrected chi connectivity index (χ1v) is 10.0. The van der Waals surface area contributed by atoms with E-state index in [0.717, 1.165) is 31.6 Å². The first-order chi connectivity index (χ1) is 13.6. The summed E-state index contributed by atoms with van der Waals surface area (Å²) in [5, 5.41) is 4.82. The molecular formula is C22H25N5S. The van der Waals surface area contributed by atoms with Crippen molar-refractivity contribution in [2.24, 2.45) is 11.4 Å².